The van der Waals surface area contributed by atoms with Gasteiger partial charge < -0.3 is 18.9 Å². The van der Waals surface area contributed by atoms with Gasteiger partial charge in [0.15, 0.2) is 5.60 Å². The molecule has 0 aliphatic heterocycles. The van der Waals surface area contributed by atoms with E-state index in [1.165, 1.54) is 5.56 Å². The van der Waals surface area contributed by atoms with Crippen LogP contribution in [0.25, 0.3) is 0 Å². The Morgan fingerprint density at radius 3 is 2.22 bits per heavy atom. The molecule has 0 atom stereocenters. The molecule has 0 aliphatic carbocycles. The molecule has 5 nitrogen and oxygen atoms in total. The molecule has 2 aromatic rings. The Labute approximate surface area is 161 Å². The first-order valence-electron chi connectivity index (χ1n) is 9.19. The highest BCUT2D eigenvalue weighted by Gasteiger charge is 2.31. The maximum Gasteiger partial charge on any atom is 0.349 e. The number of carbonyl (C=O) groups excluding carboxylic acids is 1. The summed E-state index contributed by atoms with van der Waals surface area (Å²) >= 11 is 0. The highest BCUT2D eigenvalue weighted by atomic mass is 16.6. The van der Waals surface area contributed by atoms with Gasteiger partial charge in [-0.25, -0.2) is 4.79 Å². The van der Waals surface area contributed by atoms with Gasteiger partial charge in [-0.05, 0) is 52.0 Å². The van der Waals surface area contributed by atoms with Crippen molar-refractivity contribution in [2.45, 2.75) is 39.7 Å². The van der Waals surface area contributed by atoms with Crippen molar-refractivity contribution in [3.8, 4) is 17.2 Å². The second kappa shape index (κ2) is 9.86. The lowest BCUT2D eigenvalue weighted by atomic mass is 10.1. The summed E-state index contributed by atoms with van der Waals surface area (Å²) < 4.78 is 22.2. The molecule has 0 amide bonds. The quantitative estimate of drug-likeness (QED) is 0.452. The molecule has 0 fully saturated rings. The van der Waals surface area contributed by atoms with E-state index in [9.17, 15) is 4.79 Å². The van der Waals surface area contributed by atoms with Crippen LogP contribution in [0.3, 0.4) is 0 Å². The van der Waals surface area contributed by atoms with Crippen molar-refractivity contribution in [1.29, 1.82) is 0 Å². The molecule has 0 aromatic heterocycles. The molecule has 0 aliphatic rings. The molecule has 0 spiro atoms. The number of benzene rings is 2. The second-order valence-corrected chi connectivity index (χ2v) is 6.67. The smallest absolute Gasteiger partial charge is 0.349 e. The van der Waals surface area contributed by atoms with Crippen LogP contribution in [0.15, 0.2) is 48.5 Å². The molecule has 2 aromatic carbocycles. The molecular weight excluding hydrogens is 344 g/mol. The fourth-order valence-electron chi connectivity index (χ4n) is 2.34. The van der Waals surface area contributed by atoms with E-state index in [1.807, 2.05) is 43.3 Å². The minimum absolute atomic E-state index is 0.319. The Morgan fingerprint density at radius 1 is 0.926 bits per heavy atom. The van der Waals surface area contributed by atoms with Crippen molar-refractivity contribution >= 4 is 5.97 Å². The molecule has 0 unspecified atom stereocenters. The van der Waals surface area contributed by atoms with Crippen LogP contribution in [0.1, 0.15) is 32.8 Å². The number of hydrogen-bond donors (Lipinski definition) is 0. The minimum atomic E-state index is -1.06. The van der Waals surface area contributed by atoms with Gasteiger partial charge in [-0.15, -0.1) is 0 Å². The van der Waals surface area contributed by atoms with Gasteiger partial charge in [0.2, 0.25) is 0 Å². The van der Waals surface area contributed by atoms with E-state index < -0.39 is 11.6 Å². The standard InChI is InChI=1S/C22H28O5/c1-5-24-21(23)22(3,4)27-20-9-6-8-19(16-20)26-15-7-14-25-18-12-10-17(2)11-13-18/h6,8-13,16H,5,7,14-15H2,1-4H3. The summed E-state index contributed by atoms with van der Waals surface area (Å²) in [5.74, 6) is 1.70. The molecule has 5 heteroatoms. The lowest BCUT2D eigenvalue weighted by Gasteiger charge is -2.24. The zero-order valence-corrected chi connectivity index (χ0v) is 16.5. The van der Waals surface area contributed by atoms with Gasteiger partial charge >= 0.3 is 5.97 Å². The first-order valence-corrected chi connectivity index (χ1v) is 9.19. The number of hydrogen-bond acceptors (Lipinski definition) is 5. The number of rotatable bonds is 10. The Balaban J connectivity index is 1.78. The summed E-state index contributed by atoms with van der Waals surface area (Å²) in [6.07, 6.45) is 0.757. The number of carbonyl (C=O) groups is 1. The van der Waals surface area contributed by atoms with E-state index in [0.29, 0.717) is 31.3 Å². The summed E-state index contributed by atoms with van der Waals surface area (Å²) in [5.41, 5.74) is 0.148. The largest absolute Gasteiger partial charge is 0.493 e. The Bertz CT molecular complexity index is 722. The third kappa shape index (κ3) is 6.85. The predicted octanol–water partition coefficient (Wildman–Crippen LogP) is 4.56. The van der Waals surface area contributed by atoms with E-state index in [-0.39, 0.29) is 0 Å². The Hall–Kier alpha value is -2.69. The van der Waals surface area contributed by atoms with Gasteiger partial charge in [-0.1, -0.05) is 23.8 Å². The van der Waals surface area contributed by atoms with Gasteiger partial charge in [0.25, 0.3) is 0 Å². The highest BCUT2D eigenvalue weighted by molar-refractivity contribution is 5.79. The van der Waals surface area contributed by atoms with Crippen molar-refractivity contribution in [2.24, 2.45) is 0 Å². The van der Waals surface area contributed by atoms with Gasteiger partial charge in [0, 0.05) is 12.5 Å². The van der Waals surface area contributed by atoms with Crippen molar-refractivity contribution in [1.82, 2.24) is 0 Å². The molecule has 0 saturated heterocycles. The molecule has 27 heavy (non-hydrogen) atoms. The zero-order chi connectivity index (χ0) is 19.7. The van der Waals surface area contributed by atoms with Crippen LogP contribution in [0.5, 0.6) is 17.2 Å². The lowest BCUT2D eigenvalue weighted by molar-refractivity contribution is -0.158. The fourth-order valence-corrected chi connectivity index (χ4v) is 2.34. The van der Waals surface area contributed by atoms with Crippen molar-refractivity contribution < 1.29 is 23.7 Å². The summed E-state index contributed by atoms with van der Waals surface area (Å²) in [4.78, 5) is 11.9. The second-order valence-electron chi connectivity index (χ2n) is 6.67. The fraction of sp³-hybridized carbons (Fsp3) is 0.409. The first-order chi connectivity index (χ1) is 12.9. The first kappa shape index (κ1) is 20.6. The van der Waals surface area contributed by atoms with Crippen LogP contribution in [-0.2, 0) is 9.53 Å². The summed E-state index contributed by atoms with van der Waals surface area (Å²) in [6.45, 7) is 8.60. The molecule has 0 heterocycles. The molecule has 0 N–H and O–H groups in total. The summed E-state index contributed by atoms with van der Waals surface area (Å²) in [5, 5.41) is 0. The van der Waals surface area contributed by atoms with Crippen molar-refractivity contribution in [3.63, 3.8) is 0 Å². The molecular formula is C22H28O5. The van der Waals surface area contributed by atoms with Gasteiger partial charge in [0.1, 0.15) is 17.2 Å². The van der Waals surface area contributed by atoms with E-state index >= 15 is 0 Å². The predicted molar refractivity (Wildman–Crippen MR) is 105 cm³/mol. The number of esters is 1. The summed E-state index contributed by atoms with van der Waals surface area (Å²) in [6, 6.07) is 15.2. The van der Waals surface area contributed by atoms with Crippen molar-refractivity contribution in [3.05, 3.63) is 54.1 Å². The third-order valence-corrected chi connectivity index (χ3v) is 3.79. The Morgan fingerprint density at radius 2 is 1.56 bits per heavy atom. The number of aryl methyl sites for hydroxylation is 1. The molecule has 0 bridgehead atoms. The van der Waals surface area contributed by atoms with E-state index in [1.54, 1.807) is 32.9 Å². The lowest BCUT2D eigenvalue weighted by Crippen LogP contribution is -2.39. The van der Waals surface area contributed by atoms with Crippen LogP contribution in [0.4, 0.5) is 0 Å². The van der Waals surface area contributed by atoms with Crippen molar-refractivity contribution in [2.75, 3.05) is 19.8 Å². The average molecular weight is 372 g/mol. The zero-order valence-electron chi connectivity index (χ0n) is 16.5. The number of ether oxygens (including phenoxy) is 4. The van der Waals surface area contributed by atoms with E-state index in [4.69, 9.17) is 18.9 Å². The Kier molecular flexibility index (Phi) is 7.53. The normalized spacial score (nSPS) is 11.0. The average Bonchev–Trinajstić information content (AvgIpc) is 2.63. The van der Waals surface area contributed by atoms with Gasteiger partial charge in [0.05, 0.1) is 19.8 Å². The SMILES string of the molecule is CCOC(=O)C(C)(C)Oc1cccc(OCCCOc2ccc(C)cc2)c1. The van der Waals surface area contributed by atoms with Crippen LogP contribution >= 0.6 is 0 Å². The van der Waals surface area contributed by atoms with E-state index in [0.717, 1.165) is 12.2 Å². The molecule has 2 rings (SSSR count). The van der Waals surface area contributed by atoms with Gasteiger partial charge in [-0.2, -0.15) is 0 Å². The van der Waals surface area contributed by atoms with E-state index in [2.05, 4.69) is 0 Å². The maximum absolute atomic E-state index is 11.9. The topological polar surface area (TPSA) is 54.0 Å². The highest BCUT2D eigenvalue weighted by Crippen LogP contribution is 2.24. The molecule has 146 valence electrons. The minimum Gasteiger partial charge on any atom is -0.493 e. The van der Waals surface area contributed by atoms with Crippen LogP contribution in [0.2, 0.25) is 0 Å². The summed E-state index contributed by atoms with van der Waals surface area (Å²) in [7, 11) is 0. The van der Waals surface area contributed by atoms with Gasteiger partial charge in [-0.3, -0.25) is 0 Å². The monoisotopic (exact) mass is 372 g/mol. The van der Waals surface area contributed by atoms with Crippen LogP contribution in [-0.4, -0.2) is 31.4 Å². The van der Waals surface area contributed by atoms with Crippen LogP contribution < -0.4 is 14.2 Å². The third-order valence-electron chi connectivity index (χ3n) is 3.79. The van der Waals surface area contributed by atoms with Crippen LogP contribution in [0, 0.1) is 6.92 Å². The maximum atomic E-state index is 11.9. The molecule has 0 radical (unpaired) electrons. The molecule has 0 saturated carbocycles.